The van der Waals surface area contributed by atoms with Crippen LogP contribution in [0.15, 0.2) is 42.9 Å². The second kappa shape index (κ2) is 7.92. The maximum atomic E-state index is 12.9. The van der Waals surface area contributed by atoms with E-state index in [4.69, 9.17) is 4.74 Å². The lowest BCUT2D eigenvalue weighted by atomic mass is 9.97. The van der Waals surface area contributed by atoms with E-state index in [-0.39, 0.29) is 18.4 Å². The van der Waals surface area contributed by atoms with Gasteiger partial charge in [0.05, 0.1) is 18.3 Å². The average molecular weight is 367 g/mol. The molecule has 0 unspecified atom stereocenters. The highest BCUT2D eigenvalue weighted by atomic mass is 16.5. The fourth-order valence-electron chi connectivity index (χ4n) is 3.85. The van der Waals surface area contributed by atoms with E-state index in [1.54, 1.807) is 11.8 Å². The third-order valence-electron chi connectivity index (χ3n) is 5.26. The standard InChI is InChI=1S/C20H25N5O2/c1-27-12-11-23-10-8-21-20(23)17-6-4-9-24(14-17)19(26)15-25-18-7-3-2-5-16(18)13-22-25/h2-3,5,7-8,10,13,17H,4,6,9,11-12,14-15H2,1H3/t17-/m1/s1. The summed E-state index contributed by atoms with van der Waals surface area (Å²) in [6.07, 6.45) is 7.69. The Balaban J connectivity index is 1.45. The molecule has 1 amide bonds. The van der Waals surface area contributed by atoms with Crippen molar-refractivity contribution in [3.05, 3.63) is 48.7 Å². The van der Waals surface area contributed by atoms with Crippen molar-refractivity contribution in [1.82, 2.24) is 24.2 Å². The van der Waals surface area contributed by atoms with E-state index in [1.165, 1.54) is 0 Å². The van der Waals surface area contributed by atoms with Crippen LogP contribution >= 0.6 is 0 Å². The SMILES string of the molecule is COCCn1ccnc1[C@@H]1CCCN(C(=O)Cn2ncc3ccccc32)C1. The van der Waals surface area contributed by atoms with E-state index in [2.05, 4.69) is 14.6 Å². The van der Waals surface area contributed by atoms with Gasteiger partial charge in [0.25, 0.3) is 0 Å². The topological polar surface area (TPSA) is 65.2 Å². The Morgan fingerprint density at radius 3 is 3.11 bits per heavy atom. The van der Waals surface area contributed by atoms with E-state index in [0.717, 1.165) is 42.7 Å². The van der Waals surface area contributed by atoms with Gasteiger partial charge in [0.1, 0.15) is 12.4 Å². The summed E-state index contributed by atoms with van der Waals surface area (Å²) in [7, 11) is 1.70. The van der Waals surface area contributed by atoms with Crippen molar-refractivity contribution in [2.75, 3.05) is 26.8 Å². The summed E-state index contributed by atoms with van der Waals surface area (Å²) in [6, 6.07) is 7.97. The first-order chi connectivity index (χ1) is 13.3. The highest BCUT2D eigenvalue weighted by Crippen LogP contribution is 2.26. The number of hydrogen-bond acceptors (Lipinski definition) is 4. The molecule has 1 fully saturated rings. The molecule has 2 aromatic heterocycles. The van der Waals surface area contributed by atoms with Gasteiger partial charge >= 0.3 is 0 Å². The average Bonchev–Trinajstić information content (AvgIpc) is 3.34. The number of fused-ring (bicyclic) bond motifs is 1. The van der Waals surface area contributed by atoms with Gasteiger partial charge in [0.2, 0.25) is 5.91 Å². The van der Waals surface area contributed by atoms with Gasteiger partial charge < -0.3 is 14.2 Å². The maximum absolute atomic E-state index is 12.9. The molecule has 0 saturated carbocycles. The van der Waals surface area contributed by atoms with Crippen molar-refractivity contribution in [2.45, 2.75) is 31.8 Å². The zero-order valence-electron chi connectivity index (χ0n) is 15.6. The van der Waals surface area contributed by atoms with Crippen LogP contribution < -0.4 is 0 Å². The first kappa shape index (κ1) is 17.7. The molecule has 0 aliphatic carbocycles. The third-order valence-corrected chi connectivity index (χ3v) is 5.26. The van der Waals surface area contributed by atoms with Gasteiger partial charge in [-0.1, -0.05) is 18.2 Å². The van der Waals surface area contributed by atoms with Gasteiger partial charge in [-0.2, -0.15) is 5.10 Å². The number of nitrogens with zero attached hydrogens (tertiary/aromatic N) is 5. The van der Waals surface area contributed by atoms with Gasteiger partial charge in [-0.3, -0.25) is 9.48 Å². The lowest BCUT2D eigenvalue weighted by Gasteiger charge is -2.32. The molecule has 1 aliphatic heterocycles. The quantitative estimate of drug-likeness (QED) is 0.670. The molecule has 0 spiro atoms. The van der Waals surface area contributed by atoms with Crippen molar-refractivity contribution in [2.24, 2.45) is 0 Å². The van der Waals surface area contributed by atoms with E-state index >= 15 is 0 Å². The number of methoxy groups -OCH3 is 1. The Kier molecular flexibility index (Phi) is 5.20. The maximum Gasteiger partial charge on any atom is 0.244 e. The fraction of sp³-hybridized carbons (Fsp3) is 0.450. The lowest BCUT2D eigenvalue weighted by Crippen LogP contribution is -2.41. The van der Waals surface area contributed by atoms with Crippen molar-refractivity contribution < 1.29 is 9.53 Å². The first-order valence-electron chi connectivity index (χ1n) is 9.44. The van der Waals surface area contributed by atoms with Crippen molar-refractivity contribution in [1.29, 1.82) is 0 Å². The molecular formula is C20H25N5O2. The Morgan fingerprint density at radius 1 is 1.33 bits per heavy atom. The molecule has 7 heteroatoms. The summed E-state index contributed by atoms with van der Waals surface area (Å²) >= 11 is 0. The second-order valence-electron chi connectivity index (χ2n) is 7.01. The molecule has 1 aliphatic rings. The number of benzene rings is 1. The summed E-state index contributed by atoms with van der Waals surface area (Å²) in [5.74, 6) is 1.43. The second-order valence-corrected chi connectivity index (χ2v) is 7.01. The summed E-state index contributed by atoms with van der Waals surface area (Å²) in [4.78, 5) is 19.4. The van der Waals surface area contributed by atoms with E-state index in [9.17, 15) is 4.79 Å². The highest BCUT2D eigenvalue weighted by Gasteiger charge is 2.27. The molecule has 3 aromatic rings. The Morgan fingerprint density at radius 2 is 2.22 bits per heavy atom. The number of para-hydroxylation sites is 1. The molecule has 27 heavy (non-hydrogen) atoms. The molecule has 0 radical (unpaired) electrons. The van der Waals surface area contributed by atoms with Gasteiger partial charge in [0.15, 0.2) is 0 Å². The van der Waals surface area contributed by atoms with Crippen molar-refractivity contribution >= 4 is 16.8 Å². The van der Waals surface area contributed by atoms with Crippen LogP contribution in [0, 0.1) is 0 Å². The summed E-state index contributed by atoms with van der Waals surface area (Å²) in [6.45, 7) is 3.23. The van der Waals surface area contributed by atoms with E-state index < -0.39 is 0 Å². The molecular weight excluding hydrogens is 342 g/mol. The molecule has 142 valence electrons. The fourth-order valence-corrected chi connectivity index (χ4v) is 3.85. The Labute approximate surface area is 158 Å². The molecule has 0 N–H and O–H groups in total. The number of amides is 1. The number of rotatable bonds is 6. The van der Waals surface area contributed by atoms with E-state index in [1.807, 2.05) is 47.8 Å². The van der Waals surface area contributed by atoms with Crippen LogP contribution in [0.25, 0.3) is 10.9 Å². The van der Waals surface area contributed by atoms with Crippen LogP contribution in [0.3, 0.4) is 0 Å². The number of ether oxygens (including phenoxy) is 1. The predicted molar refractivity (Wildman–Crippen MR) is 102 cm³/mol. The molecule has 1 saturated heterocycles. The number of carbonyl (C=O) groups excluding carboxylic acids is 1. The van der Waals surface area contributed by atoms with Crippen molar-refractivity contribution in [3.8, 4) is 0 Å². The monoisotopic (exact) mass is 367 g/mol. The van der Waals surface area contributed by atoms with Crippen LogP contribution in [-0.2, 0) is 22.6 Å². The minimum Gasteiger partial charge on any atom is -0.383 e. The summed E-state index contributed by atoms with van der Waals surface area (Å²) < 4.78 is 9.12. The van der Waals surface area contributed by atoms with Crippen LogP contribution in [-0.4, -0.2) is 56.9 Å². The first-order valence-corrected chi connectivity index (χ1v) is 9.44. The third kappa shape index (κ3) is 3.73. The van der Waals surface area contributed by atoms with Gasteiger partial charge in [-0.15, -0.1) is 0 Å². The number of hydrogen-bond donors (Lipinski definition) is 0. The molecule has 7 nitrogen and oxygen atoms in total. The molecule has 1 atom stereocenters. The minimum absolute atomic E-state index is 0.114. The zero-order chi connectivity index (χ0) is 18.6. The molecule has 1 aromatic carbocycles. The van der Waals surface area contributed by atoms with Gasteiger partial charge in [0, 0.05) is 50.4 Å². The van der Waals surface area contributed by atoms with Crippen LogP contribution in [0.4, 0.5) is 0 Å². The minimum atomic E-state index is 0.114. The highest BCUT2D eigenvalue weighted by molar-refractivity contribution is 5.82. The van der Waals surface area contributed by atoms with E-state index in [0.29, 0.717) is 13.2 Å². The van der Waals surface area contributed by atoms with Gasteiger partial charge in [-0.25, -0.2) is 4.98 Å². The molecule has 0 bridgehead atoms. The number of aromatic nitrogens is 4. The Bertz CT molecular complexity index is 916. The predicted octanol–water partition coefficient (Wildman–Crippen LogP) is 2.29. The molecule has 4 rings (SSSR count). The number of piperidine rings is 1. The van der Waals surface area contributed by atoms with Crippen LogP contribution in [0.2, 0.25) is 0 Å². The number of carbonyl (C=O) groups is 1. The number of likely N-dealkylation sites (tertiary alicyclic amines) is 1. The smallest absolute Gasteiger partial charge is 0.244 e. The van der Waals surface area contributed by atoms with Gasteiger partial charge in [-0.05, 0) is 18.9 Å². The number of imidazole rings is 1. The largest absolute Gasteiger partial charge is 0.383 e. The van der Waals surface area contributed by atoms with Crippen molar-refractivity contribution in [3.63, 3.8) is 0 Å². The van der Waals surface area contributed by atoms with Crippen LogP contribution in [0.5, 0.6) is 0 Å². The van der Waals surface area contributed by atoms with Crippen LogP contribution in [0.1, 0.15) is 24.6 Å². The lowest BCUT2D eigenvalue weighted by molar-refractivity contribution is -0.133. The Hall–Kier alpha value is -2.67. The summed E-state index contributed by atoms with van der Waals surface area (Å²) in [5.41, 5.74) is 0.995. The summed E-state index contributed by atoms with van der Waals surface area (Å²) in [5, 5.41) is 5.44. The molecule has 3 heterocycles. The zero-order valence-corrected chi connectivity index (χ0v) is 15.6. The normalized spacial score (nSPS) is 17.5.